The Bertz CT molecular complexity index is 731. The summed E-state index contributed by atoms with van der Waals surface area (Å²) < 4.78 is 0. The van der Waals surface area contributed by atoms with Crippen LogP contribution < -0.4 is 0 Å². The van der Waals surface area contributed by atoms with Crippen LogP contribution in [0.2, 0.25) is 0 Å². The van der Waals surface area contributed by atoms with Gasteiger partial charge < -0.3 is 0 Å². The molecule has 25 heavy (non-hydrogen) atoms. The first-order chi connectivity index (χ1) is 12.3. The van der Waals surface area contributed by atoms with Crippen LogP contribution in [-0.4, -0.2) is 29.8 Å². The number of rotatable bonds is 5. The van der Waals surface area contributed by atoms with E-state index in [2.05, 4.69) is 66.4 Å². The fraction of sp³-hybridized carbons (Fsp3) is 0.435. The third kappa shape index (κ3) is 3.04. The lowest BCUT2D eigenvalue weighted by molar-refractivity contribution is -0.137. The predicted molar refractivity (Wildman–Crippen MR) is 102 cm³/mol. The third-order valence-corrected chi connectivity index (χ3v) is 6.00. The zero-order valence-corrected chi connectivity index (χ0v) is 15.0. The molecule has 0 saturated carbocycles. The second kappa shape index (κ2) is 7.13. The molecule has 5 rings (SSSR count). The highest BCUT2D eigenvalue weighted by Crippen LogP contribution is 2.40. The van der Waals surface area contributed by atoms with Crippen LogP contribution >= 0.6 is 0 Å². The number of hydrogen-bond donors (Lipinski definition) is 0. The standard InChI is InChI=1S/C23H27NO/c1-2-8-17-9-6-7-12-20(17)21(18-10-4-3-5-11-18)22-23(25)19-13-15-24(22)16-14-19/h3-7,9-12,19,21-22H,2,8,13-16H2,1H3. The molecule has 3 heterocycles. The molecule has 0 aromatic heterocycles. The first-order valence-electron chi connectivity index (χ1n) is 9.70. The van der Waals surface area contributed by atoms with E-state index in [0.29, 0.717) is 5.78 Å². The highest BCUT2D eigenvalue weighted by molar-refractivity contribution is 5.89. The number of benzene rings is 2. The minimum absolute atomic E-state index is 0.00732. The molecule has 0 radical (unpaired) electrons. The van der Waals surface area contributed by atoms with Gasteiger partial charge in [-0.25, -0.2) is 0 Å². The number of hydrogen-bond acceptors (Lipinski definition) is 2. The van der Waals surface area contributed by atoms with Crippen LogP contribution in [0.4, 0.5) is 0 Å². The largest absolute Gasteiger partial charge is 0.298 e. The van der Waals surface area contributed by atoms with E-state index in [0.717, 1.165) is 38.8 Å². The summed E-state index contributed by atoms with van der Waals surface area (Å²) >= 11 is 0. The van der Waals surface area contributed by atoms with Gasteiger partial charge in [-0.1, -0.05) is 67.9 Å². The number of piperidine rings is 3. The molecule has 0 N–H and O–H groups in total. The lowest BCUT2D eigenvalue weighted by Gasteiger charge is -2.47. The van der Waals surface area contributed by atoms with Gasteiger partial charge in [0.25, 0.3) is 0 Å². The number of aryl methyl sites for hydroxylation is 1. The molecule has 130 valence electrons. The van der Waals surface area contributed by atoms with Crippen molar-refractivity contribution in [1.29, 1.82) is 0 Å². The van der Waals surface area contributed by atoms with Crippen molar-refractivity contribution in [3.63, 3.8) is 0 Å². The Hall–Kier alpha value is -1.93. The highest BCUT2D eigenvalue weighted by Gasteiger charge is 2.45. The number of carbonyl (C=O) groups is 1. The quantitative estimate of drug-likeness (QED) is 0.806. The SMILES string of the molecule is CCCc1ccccc1C(c1ccccc1)C1C(=O)C2CCN1CC2. The average Bonchev–Trinajstić information content (AvgIpc) is 2.67. The molecule has 0 amide bonds. The van der Waals surface area contributed by atoms with Gasteiger partial charge in [-0.05, 0) is 49.0 Å². The smallest absolute Gasteiger partial charge is 0.154 e. The van der Waals surface area contributed by atoms with Crippen molar-refractivity contribution >= 4 is 5.78 Å². The van der Waals surface area contributed by atoms with E-state index in [9.17, 15) is 4.79 Å². The summed E-state index contributed by atoms with van der Waals surface area (Å²) in [6, 6.07) is 19.4. The monoisotopic (exact) mass is 333 g/mol. The van der Waals surface area contributed by atoms with Crippen LogP contribution in [-0.2, 0) is 11.2 Å². The van der Waals surface area contributed by atoms with Crippen molar-refractivity contribution in [1.82, 2.24) is 4.90 Å². The molecular weight excluding hydrogens is 306 g/mol. The first-order valence-corrected chi connectivity index (χ1v) is 9.70. The summed E-state index contributed by atoms with van der Waals surface area (Å²) in [7, 11) is 0. The van der Waals surface area contributed by atoms with E-state index in [1.54, 1.807) is 0 Å². The zero-order valence-electron chi connectivity index (χ0n) is 15.0. The summed E-state index contributed by atoms with van der Waals surface area (Å²) in [6.07, 6.45) is 4.30. The van der Waals surface area contributed by atoms with Gasteiger partial charge in [0.15, 0.2) is 5.78 Å². The molecule has 3 aliphatic rings. The Morgan fingerprint density at radius 3 is 2.36 bits per heavy atom. The minimum atomic E-state index is 0.00732. The van der Waals surface area contributed by atoms with E-state index < -0.39 is 0 Å². The maximum Gasteiger partial charge on any atom is 0.154 e. The van der Waals surface area contributed by atoms with Gasteiger partial charge in [-0.15, -0.1) is 0 Å². The Labute approximate surface area is 150 Å². The number of carbonyl (C=O) groups excluding carboxylic acids is 1. The second-order valence-corrected chi connectivity index (χ2v) is 7.49. The Morgan fingerprint density at radius 2 is 1.68 bits per heavy atom. The van der Waals surface area contributed by atoms with Crippen molar-refractivity contribution in [2.75, 3.05) is 13.1 Å². The van der Waals surface area contributed by atoms with Crippen molar-refractivity contribution in [3.8, 4) is 0 Å². The minimum Gasteiger partial charge on any atom is -0.298 e. The molecule has 2 heteroatoms. The zero-order chi connectivity index (χ0) is 17.2. The van der Waals surface area contributed by atoms with Gasteiger partial charge in [0.1, 0.15) is 0 Å². The van der Waals surface area contributed by atoms with Crippen LogP contribution in [0.15, 0.2) is 54.6 Å². The first kappa shape index (κ1) is 16.5. The summed E-state index contributed by atoms with van der Waals surface area (Å²) in [5.74, 6) is 0.900. The highest BCUT2D eigenvalue weighted by atomic mass is 16.1. The summed E-state index contributed by atoms with van der Waals surface area (Å²) in [4.78, 5) is 15.6. The van der Waals surface area contributed by atoms with Crippen molar-refractivity contribution in [2.24, 2.45) is 5.92 Å². The van der Waals surface area contributed by atoms with E-state index in [4.69, 9.17) is 0 Å². The summed E-state index contributed by atoms with van der Waals surface area (Å²) in [5, 5.41) is 0. The second-order valence-electron chi connectivity index (χ2n) is 7.49. The molecule has 3 aliphatic heterocycles. The van der Waals surface area contributed by atoms with E-state index in [1.807, 2.05) is 0 Å². The predicted octanol–water partition coefficient (Wildman–Crippen LogP) is 4.43. The van der Waals surface area contributed by atoms with Gasteiger partial charge >= 0.3 is 0 Å². The summed E-state index contributed by atoms with van der Waals surface area (Å²) in [5.41, 5.74) is 4.02. The molecular formula is C23H27NO. The normalized spacial score (nSPS) is 26.6. The third-order valence-electron chi connectivity index (χ3n) is 6.00. The van der Waals surface area contributed by atoms with Crippen LogP contribution in [0.25, 0.3) is 0 Å². The Kier molecular flexibility index (Phi) is 4.72. The molecule has 3 fully saturated rings. The van der Waals surface area contributed by atoms with Crippen molar-refractivity contribution < 1.29 is 4.79 Å². The molecule has 0 aliphatic carbocycles. The summed E-state index contributed by atoms with van der Waals surface area (Å²) in [6.45, 7) is 4.37. The topological polar surface area (TPSA) is 20.3 Å². The number of ketones is 1. The Balaban J connectivity index is 1.82. The van der Waals surface area contributed by atoms with Crippen molar-refractivity contribution in [2.45, 2.75) is 44.6 Å². The maximum atomic E-state index is 13.2. The molecule has 2 atom stereocenters. The average molecular weight is 333 g/mol. The number of Topliss-reactive ketones (excluding diaryl/α,β-unsaturated/α-hetero) is 1. The van der Waals surface area contributed by atoms with E-state index in [1.165, 1.54) is 16.7 Å². The lowest BCUT2D eigenvalue weighted by atomic mass is 9.72. The van der Waals surface area contributed by atoms with Crippen LogP contribution in [0.3, 0.4) is 0 Å². The molecule has 3 saturated heterocycles. The van der Waals surface area contributed by atoms with Crippen molar-refractivity contribution in [3.05, 3.63) is 71.3 Å². The van der Waals surface area contributed by atoms with Gasteiger partial charge in [-0.2, -0.15) is 0 Å². The van der Waals surface area contributed by atoms with Crippen LogP contribution in [0.5, 0.6) is 0 Å². The number of fused-ring (bicyclic) bond motifs is 3. The number of nitrogens with zero attached hydrogens (tertiary/aromatic N) is 1. The van der Waals surface area contributed by atoms with Crippen LogP contribution in [0.1, 0.15) is 48.8 Å². The van der Waals surface area contributed by atoms with Gasteiger partial charge in [-0.3, -0.25) is 9.69 Å². The van der Waals surface area contributed by atoms with Crippen LogP contribution in [0, 0.1) is 5.92 Å². The van der Waals surface area contributed by atoms with E-state index in [-0.39, 0.29) is 17.9 Å². The molecule has 2 aromatic rings. The lowest BCUT2D eigenvalue weighted by Crippen LogP contribution is -2.57. The molecule has 0 spiro atoms. The Morgan fingerprint density at radius 1 is 1.00 bits per heavy atom. The van der Waals surface area contributed by atoms with Gasteiger partial charge in [0.2, 0.25) is 0 Å². The van der Waals surface area contributed by atoms with Gasteiger partial charge in [0, 0.05) is 11.8 Å². The maximum absolute atomic E-state index is 13.2. The van der Waals surface area contributed by atoms with Gasteiger partial charge in [0.05, 0.1) is 6.04 Å². The molecule has 2 aromatic carbocycles. The molecule has 2 nitrogen and oxygen atoms in total. The van der Waals surface area contributed by atoms with E-state index >= 15 is 0 Å². The molecule has 2 unspecified atom stereocenters. The molecule has 2 bridgehead atoms. The fourth-order valence-electron chi connectivity index (χ4n) is 4.79. The fourth-order valence-corrected chi connectivity index (χ4v) is 4.79.